The van der Waals surface area contributed by atoms with Crippen LogP contribution in [0.25, 0.3) is 22.2 Å². The van der Waals surface area contributed by atoms with E-state index in [9.17, 15) is 18.0 Å². The highest BCUT2D eigenvalue weighted by Crippen LogP contribution is 2.37. The maximum atomic E-state index is 13.9. The number of halogens is 3. The summed E-state index contributed by atoms with van der Waals surface area (Å²) < 4.78 is 45.9. The van der Waals surface area contributed by atoms with E-state index in [-0.39, 0.29) is 22.6 Å². The van der Waals surface area contributed by atoms with Crippen molar-refractivity contribution in [3.63, 3.8) is 0 Å². The van der Waals surface area contributed by atoms with Crippen LogP contribution in [-0.4, -0.2) is 22.3 Å². The highest BCUT2D eigenvalue weighted by Gasteiger charge is 2.22. The Kier molecular flexibility index (Phi) is 5.07. The van der Waals surface area contributed by atoms with Crippen LogP contribution < -0.4 is 10.5 Å². The average Bonchev–Trinajstić information content (AvgIpc) is 2.92. The summed E-state index contributed by atoms with van der Waals surface area (Å²) in [7, 11) is 0. The van der Waals surface area contributed by atoms with Gasteiger partial charge >= 0.3 is 6.61 Å². The Labute approximate surface area is 153 Å². The molecule has 0 atom stereocenters. The second-order valence-electron chi connectivity index (χ2n) is 6.16. The maximum absolute atomic E-state index is 13.9. The lowest BCUT2D eigenvalue weighted by Crippen LogP contribution is -2.12. The molecule has 0 fully saturated rings. The van der Waals surface area contributed by atoms with Crippen LogP contribution in [0.5, 0.6) is 5.75 Å². The predicted molar refractivity (Wildman–Crippen MR) is 95.3 cm³/mol. The van der Waals surface area contributed by atoms with Gasteiger partial charge in [0.1, 0.15) is 17.0 Å². The van der Waals surface area contributed by atoms with Gasteiger partial charge in [-0.1, -0.05) is 6.92 Å². The Morgan fingerprint density at radius 3 is 2.67 bits per heavy atom. The van der Waals surface area contributed by atoms with E-state index >= 15 is 0 Å². The predicted octanol–water partition coefficient (Wildman–Crippen LogP) is 4.26. The summed E-state index contributed by atoms with van der Waals surface area (Å²) in [6.07, 6.45) is 0.685. The van der Waals surface area contributed by atoms with Crippen molar-refractivity contribution < 1.29 is 22.7 Å². The van der Waals surface area contributed by atoms with Crippen molar-refractivity contribution in [1.82, 2.24) is 9.78 Å². The lowest BCUT2D eigenvalue weighted by atomic mass is 10.00. The molecule has 0 aliphatic carbocycles. The highest BCUT2D eigenvalue weighted by atomic mass is 19.3. The zero-order chi connectivity index (χ0) is 19.7. The number of hydrogen-bond acceptors (Lipinski definition) is 3. The number of nitrogens with zero attached hydrogens (tertiary/aromatic N) is 2. The van der Waals surface area contributed by atoms with E-state index < -0.39 is 18.3 Å². The number of carbonyl (C=O) groups excluding carboxylic acids is 1. The first kappa shape index (κ1) is 18.8. The minimum absolute atomic E-state index is 0.0239. The van der Waals surface area contributed by atoms with E-state index in [1.165, 1.54) is 16.8 Å². The van der Waals surface area contributed by atoms with E-state index in [1.54, 1.807) is 13.0 Å². The molecule has 0 bridgehead atoms. The number of primary amides is 1. The van der Waals surface area contributed by atoms with Gasteiger partial charge in [-0.2, -0.15) is 13.9 Å². The molecule has 0 spiro atoms. The van der Waals surface area contributed by atoms with Gasteiger partial charge in [0.15, 0.2) is 5.75 Å². The van der Waals surface area contributed by atoms with Gasteiger partial charge in [0.25, 0.3) is 0 Å². The van der Waals surface area contributed by atoms with E-state index in [0.29, 0.717) is 29.4 Å². The molecule has 0 unspecified atom stereocenters. The smallest absolute Gasteiger partial charge is 0.387 e. The summed E-state index contributed by atoms with van der Waals surface area (Å²) in [4.78, 5) is 11.8. The summed E-state index contributed by atoms with van der Waals surface area (Å²) in [6, 6.07) is 6.80. The molecule has 8 heteroatoms. The number of nitrogens with two attached hydrogens (primary N) is 1. The minimum Gasteiger partial charge on any atom is -0.433 e. The average molecular weight is 377 g/mol. The first-order chi connectivity index (χ1) is 12.8. The quantitative estimate of drug-likeness (QED) is 0.698. The van der Waals surface area contributed by atoms with E-state index in [0.717, 1.165) is 12.1 Å². The molecule has 2 aromatic carbocycles. The van der Waals surface area contributed by atoms with Crippen molar-refractivity contribution >= 4 is 16.8 Å². The van der Waals surface area contributed by atoms with Crippen LogP contribution in [0.3, 0.4) is 0 Å². The maximum Gasteiger partial charge on any atom is 0.387 e. The number of alkyl halides is 2. The third-order valence-corrected chi connectivity index (χ3v) is 4.11. The summed E-state index contributed by atoms with van der Waals surface area (Å²) in [5, 5.41) is 4.94. The molecule has 0 saturated heterocycles. The summed E-state index contributed by atoms with van der Waals surface area (Å²) in [5.74, 6) is -1.32. The lowest BCUT2D eigenvalue weighted by Gasteiger charge is -2.10. The fourth-order valence-corrected chi connectivity index (χ4v) is 3.10. The van der Waals surface area contributed by atoms with E-state index in [1.807, 2.05) is 6.92 Å². The first-order valence-electron chi connectivity index (χ1n) is 8.37. The summed E-state index contributed by atoms with van der Waals surface area (Å²) in [5.41, 5.74) is 7.02. The highest BCUT2D eigenvalue weighted by molar-refractivity contribution is 6.05. The Morgan fingerprint density at radius 2 is 2.04 bits per heavy atom. The van der Waals surface area contributed by atoms with Crippen molar-refractivity contribution in [3.8, 4) is 17.0 Å². The zero-order valence-corrected chi connectivity index (χ0v) is 14.8. The van der Waals surface area contributed by atoms with E-state index in [4.69, 9.17) is 5.73 Å². The summed E-state index contributed by atoms with van der Waals surface area (Å²) >= 11 is 0. The fourth-order valence-electron chi connectivity index (χ4n) is 3.10. The standard InChI is InChI=1S/C19H18F3N3O2/c1-3-6-25-17-14(7-10(2)8-15(17)27-19(21)22)16(24-25)13-9-11(20)4-5-12(13)18(23)26/h4-5,7-9,19H,3,6H2,1-2H3,(H2,23,26). The number of carbonyl (C=O) groups is 1. The Morgan fingerprint density at radius 1 is 1.30 bits per heavy atom. The van der Waals surface area contributed by atoms with Gasteiger partial charge in [-0.3, -0.25) is 9.48 Å². The van der Waals surface area contributed by atoms with Crippen LogP contribution in [0.15, 0.2) is 30.3 Å². The second-order valence-corrected chi connectivity index (χ2v) is 6.16. The normalized spacial score (nSPS) is 11.3. The van der Waals surface area contributed by atoms with Crippen LogP contribution in [0.4, 0.5) is 13.2 Å². The van der Waals surface area contributed by atoms with Gasteiger partial charge in [0.2, 0.25) is 5.91 Å². The SMILES string of the molecule is CCCn1nc(-c2cc(F)ccc2C(N)=O)c2cc(C)cc(OC(F)F)c21. The van der Waals surface area contributed by atoms with Gasteiger partial charge in [-0.15, -0.1) is 0 Å². The molecule has 27 heavy (non-hydrogen) atoms. The number of fused-ring (bicyclic) bond motifs is 1. The van der Waals surface area contributed by atoms with Crippen molar-refractivity contribution in [2.45, 2.75) is 33.4 Å². The molecular formula is C19H18F3N3O2. The fraction of sp³-hybridized carbons (Fsp3) is 0.263. The molecule has 142 valence electrons. The first-order valence-corrected chi connectivity index (χ1v) is 8.37. The van der Waals surface area contributed by atoms with Gasteiger partial charge in [-0.25, -0.2) is 4.39 Å². The molecular weight excluding hydrogens is 359 g/mol. The number of ether oxygens (including phenoxy) is 1. The molecule has 0 aliphatic rings. The third kappa shape index (κ3) is 3.60. The molecule has 1 amide bonds. The van der Waals surface area contributed by atoms with Crippen LogP contribution >= 0.6 is 0 Å². The van der Waals surface area contributed by atoms with Crippen molar-refractivity contribution in [3.05, 3.63) is 47.3 Å². The van der Waals surface area contributed by atoms with Crippen LogP contribution in [-0.2, 0) is 6.54 Å². The van der Waals surface area contributed by atoms with Crippen LogP contribution in [0.1, 0.15) is 29.3 Å². The van der Waals surface area contributed by atoms with Crippen LogP contribution in [0.2, 0.25) is 0 Å². The Hall–Kier alpha value is -3.03. The zero-order valence-electron chi connectivity index (χ0n) is 14.8. The second kappa shape index (κ2) is 7.30. The third-order valence-electron chi connectivity index (χ3n) is 4.11. The number of aromatic nitrogens is 2. The molecule has 2 N–H and O–H groups in total. The van der Waals surface area contributed by atoms with E-state index in [2.05, 4.69) is 9.84 Å². The molecule has 1 aromatic heterocycles. The van der Waals surface area contributed by atoms with Gasteiger partial charge < -0.3 is 10.5 Å². The van der Waals surface area contributed by atoms with Gasteiger partial charge in [0, 0.05) is 23.1 Å². The largest absolute Gasteiger partial charge is 0.433 e. The Balaban J connectivity index is 2.37. The van der Waals surface area contributed by atoms with Crippen molar-refractivity contribution in [2.24, 2.45) is 5.73 Å². The summed E-state index contributed by atoms with van der Waals surface area (Å²) in [6.45, 7) is 1.06. The minimum atomic E-state index is -3.00. The molecule has 1 heterocycles. The number of hydrogen-bond donors (Lipinski definition) is 1. The van der Waals surface area contributed by atoms with Gasteiger partial charge in [-0.05, 0) is 49.2 Å². The lowest BCUT2D eigenvalue weighted by molar-refractivity contribution is -0.0490. The molecule has 0 saturated carbocycles. The van der Waals surface area contributed by atoms with Gasteiger partial charge in [0.05, 0.1) is 0 Å². The number of rotatable bonds is 6. The molecule has 0 radical (unpaired) electrons. The topological polar surface area (TPSA) is 70.1 Å². The number of aryl methyl sites for hydroxylation is 2. The molecule has 5 nitrogen and oxygen atoms in total. The Bertz CT molecular complexity index is 1020. The molecule has 3 rings (SSSR count). The molecule has 3 aromatic rings. The van der Waals surface area contributed by atoms with Crippen molar-refractivity contribution in [2.75, 3.05) is 0 Å². The molecule has 0 aliphatic heterocycles. The van der Waals surface area contributed by atoms with Crippen LogP contribution in [0, 0.1) is 12.7 Å². The number of benzene rings is 2. The van der Waals surface area contributed by atoms with Crippen molar-refractivity contribution in [1.29, 1.82) is 0 Å². The monoisotopic (exact) mass is 377 g/mol. The number of amides is 1.